The van der Waals surface area contributed by atoms with Crippen LogP contribution in [0, 0.1) is 0 Å². The molecule has 1 aliphatic rings. The van der Waals surface area contributed by atoms with Crippen LogP contribution in [0.1, 0.15) is 13.3 Å². The molecule has 202 valence electrons. The summed E-state index contributed by atoms with van der Waals surface area (Å²) in [6.07, 6.45) is -0.802. The third kappa shape index (κ3) is 18.4. The highest BCUT2D eigenvalue weighted by atomic mass is 19.1. The number of amides is 1. The Bertz CT molecular complexity index is 475. The van der Waals surface area contributed by atoms with Gasteiger partial charge >= 0.3 is 0 Å². The molecule has 0 aromatic heterocycles. The first-order chi connectivity index (χ1) is 16.7. The fourth-order valence-electron chi connectivity index (χ4n) is 3.14. The van der Waals surface area contributed by atoms with Crippen LogP contribution in [0.5, 0.6) is 0 Å². The Morgan fingerprint density at radius 3 is 1.79 bits per heavy atom. The Morgan fingerprint density at radius 1 is 0.824 bits per heavy atom. The zero-order valence-corrected chi connectivity index (χ0v) is 20.8. The molecule has 0 saturated carbocycles. The van der Waals surface area contributed by atoms with Gasteiger partial charge in [0.05, 0.1) is 72.6 Å². The second-order valence-corrected chi connectivity index (χ2v) is 7.92. The maximum atomic E-state index is 13.6. The van der Waals surface area contributed by atoms with Gasteiger partial charge in [-0.25, -0.2) is 4.39 Å². The molecule has 1 aliphatic heterocycles. The monoisotopic (exact) mass is 495 g/mol. The number of nitrogens with two attached hydrogens (primary N) is 1. The molecule has 0 spiro atoms. The summed E-state index contributed by atoms with van der Waals surface area (Å²) in [6, 6.07) is 0. The molecule has 0 aromatic carbocycles. The normalized spacial score (nSPS) is 16.1. The van der Waals surface area contributed by atoms with Gasteiger partial charge in [0.1, 0.15) is 6.17 Å². The van der Waals surface area contributed by atoms with E-state index in [-0.39, 0.29) is 19.1 Å². The van der Waals surface area contributed by atoms with Crippen LogP contribution in [0.4, 0.5) is 4.39 Å². The molecular formula is C22H46FN5O6. The summed E-state index contributed by atoms with van der Waals surface area (Å²) in [7, 11) is 0. The molecule has 1 unspecified atom stereocenters. The lowest BCUT2D eigenvalue weighted by atomic mass is 10.3. The Labute approximate surface area is 203 Å². The maximum Gasteiger partial charge on any atom is 0.219 e. The summed E-state index contributed by atoms with van der Waals surface area (Å²) < 4.78 is 40.9. The van der Waals surface area contributed by atoms with E-state index in [0.29, 0.717) is 72.4 Å². The van der Waals surface area contributed by atoms with Crippen LogP contribution < -0.4 is 16.6 Å². The molecule has 4 N–H and O–H groups in total. The van der Waals surface area contributed by atoms with Crippen LogP contribution in [0.2, 0.25) is 0 Å². The molecule has 1 amide bonds. The number of carbonyl (C=O) groups excluding carboxylic acids is 1. The van der Waals surface area contributed by atoms with Gasteiger partial charge in [0.25, 0.3) is 0 Å². The van der Waals surface area contributed by atoms with E-state index in [9.17, 15) is 9.18 Å². The number of piperazine rings is 1. The van der Waals surface area contributed by atoms with Crippen molar-refractivity contribution in [2.24, 2.45) is 5.84 Å². The summed E-state index contributed by atoms with van der Waals surface area (Å²) in [5.41, 5.74) is 2.52. The van der Waals surface area contributed by atoms with Crippen molar-refractivity contribution in [1.82, 2.24) is 20.5 Å². The quantitative estimate of drug-likeness (QED) is 0.0926. The molecule has 0 radical (unpaired) electrons. The zero-order valence-electron chi connectivity index (χ0n) is 20.8. The Kier molecular flexibility index (Phi) is 20.6. The summed E-state index contributed by atoms with van der Waals surface area (Å²) in [6.45, 7) is 13.0. The van der Waals surface area contributed by atoms with E-state index in [1.54, 1.807) is 6.92 Å². The number of hydrazine groups is 1. The number of alkyl halides is 1. The van der Waals surface area contributed by atoms with Crippen LogP contribution >= 0.6 is 0 Å². The maximum absolute atomic E-state index is 13.6. The molecule has 12 heteroatoms. The van der Waals surface area contributed by atoms with E-state index in [2.05, 4.69) is 20.5 Å². The van der Waals surface area contributed by atoms with Crippen molar-refractivity contribution in [2.75, 3.05) is 118 Å². The average molecular weight is 496 g/mol. The zero-order chi connectivity index (χ0) is 24.7. The number of nitrogens with zero attached hydrogens (tertiary/aromatic N) is 2. The molecule has 11 nitrogen and oxygen atoms in total. The number of carbonyl (C=O) groups is 1. The van der Waals surface area contributed by atoms with Gasteiger partial charge in [-0.15, -0.1) is 0 Å². The molecule has 34 heavy (non-hydrogen) atoms. The lowest BCUT2D eigenvalue weighted by Gasteiger charge is -2.34. The van der Waals surface area contributed by atoms with Gasteiger partial charge in [0.2, 0.25) is 5.91 Å². The SMILES string of the molecule is CCC(=O)NCC(F)COCCN1CCN(CCOCCOCCOCCOCCNN)CC1. The number of rotatable bonds is 23. The van der Waals surface area contributed by atoms with E-state index in [1.807, 2.05) is 0 Å². The molecule has 0 aliphatic carbocycles. The van der Waals surface area contributed by atoms with Crippen molar-refractivity contribution in [3.05, 3.63) is 0 Å². The van der Waals surface area contributed by atoms with Crippen molar-refractivity contribution < 1.29 is 32.9 Å². The average Bonchev–Trinajstić information content (AvgIpc) is 2.86. The molecule has 1 heterocycles. The molecule has 0 bridgehead atoms. The number of hydrogen-bond acceptors (Lipinski definition) is 10. The minimum Gasteiger partial charge on any atom is -0.378 e. The highest BCUT2D eigenvalue weighted by Crippen LogP contribution is 2.02. The molecule has 1 atom stereocenters. The van der Waals surface area contributed by atoms with Crippen LogP contribution in [0.15, 0.2) is 0 Å². The summed E-state index contributed by atoms with van der Waals surface area (Å²) in [5.74, 6) is 5.00. The molecule has 0 aromatic rings. The van der Waals surface area contributed by atoms with Crippen LogP contribution in [-0.4, -0.2) is 140 Å². The second kappa shape index (κ2) is 22.5. The van der Waals surface area contributed by atoms with Gasteiger partial charge in [0, 0.05) is 52.2 Å². The van der Waals surface area contributed by atoms with Crippen molar-refractivity contribution >= 4 is 5.91 Å². The van der Waals surface area contributed by atoms with Gasteiger partial charge in [-0.1, -0.05) is 6.92 Å². The predicted molar refractivity (Wildman–Crippen MR) is 127 cm³/mol. The first-order valence-electron chi connectivity index (χ1n) is 12.3. The fraction of sp³-hybridized carbons (Fsp3) is 0.955. The van der Waals surface area contributed by atoms with E-state index in [1.165, 1.54) is 0 Å². The van der Waals surface area contributed by atoms with Crippen molar-refractivity contribution in [2.45, 2.75) is 19.5 Å². The van der Waals surface area contributed by atoms with Crippen LogP contribution in [0.25, 0.3) is 0 Å². The van der Waals surface area contributed by atoms with E-state index in [4.69, 9.17) is 29.5 Å². The summed E-state index contributed by atoms with van der Waals surface area (Å²) >= 11 is 0. The van der Waals surface area contributed by atoms with Crippen LogP contribution in [-0.2, 0) is 28.5 Å². The van der Waals surface area contributed by atoms with E-state index in [0.717, 1.165) is 39.3 Å². The predicted octanol–water partition coefficient (Wildman–Crippen LogP) is -0.985. The number of ether oxygens (including phenoxy) is 5. The third-order valence-corrected chi connectivity index (χ3v) is 5.22. The second-order valence-electron chi connectivity index (χ2n) is 7.92. The first kappa shape index (κ1) is 31.1. The van der Waals surface area contributed by atoms with Crippen molar-refractivity contribution in [1.29, 1.82) is 0 Å². The fourth-order valence-corrected chi connectivity index (χ4v) is 3.14. The molecule has 1 fully saturated rings. The summed E-state index contributed by atoms with van der Waals surface area (Å²) in [4.78, 5) is 15.8. The highest BCUT2D eigenvalue weighted by Gasteiger charge is 2.16. The molecule has 1 saturated heterocycles. The molecule has 1 rings (SSSR count). The first-order valence-corrected chi connectivity index (χ1v) is 12.3. The number of nitrogens with one attached hydrogen (secondary N) is 2. The van der Waals surface area contributed by atoms with Crippen molar-refractivity contribution in [3.8, 4) is 0 Å². The van der Waals surface area contributed by atoms with Crippen LogP contribution in [0.3, 0.4) is 0 Å². The lowest BCUT2D eigenvalue weighted by molar-refractivity contribution is -0.121. The van der Waals surface area contributed by atoms with Gasteiger partial charge in [-0.2, -0.15) is 0 Å². The number of halogens is 1. The lowest BCUT2D eigenvalue weighted by Crippen LogP contribution is -2.48. The largest absolute Gasteiger partial charge is 0.378 e. The highest BCUT2D eigenvalue weighted by molar-refractivity contribution is 5.75. The minimum absolute atomic E-state index is 0.0124. The van der Waals surface area contributed by atoms with Gasteiger partial charge < -0.3 is 29.0 Å². The number of hydrogen-bond donors (Lipinski definition) is 3. The topological polar surface area (TPSA) is 120 Å². The van der Waals surface area contributed by atoms with Gasteiger partial charge in [-0.3, -0.25) is 25.9 Å². The Balaban J connectivity index is 1.83. The summed E-state index contributed by atoms with van der Waals surface area (Å²) in [5, 5.41) is 2.53. The van der Waals surface area contributed by atoms with E-state index >= 15 is 0 Å². The molecular weight excluding hydrogens is 449 g/mol. The van der Waals surface area contributed by atoms with Crippen molar-refractivity contribution in [3.63, 3.8) is 0 Å². The minimum atomic E-state index is -1.17. The third-order valence-electron chi connectivity index (χ3n) is 5.22. The Hall–Kier alpha value is -0.960. The smallest absolute Gasteiger partial charge is 0.219 e. The van der Waals surface area contributed by atoms with Gasteiger partial charge in [-0.05, 0) is 0 Å². The standard InChI is InChI=1S/C22H46FN5O6/c1-2-22(29)25-19-21(23)20-34-12-9-28-6-4-27(5-7-28)8-11-31-14-16-33-18-17-32-15-13-30-10-3-26-24/h21,26H,2-20,24H2,1H3,(H,25,29). The Morgan fingerprint density at radius 2 is 1.29 bits per heavy atom. The van der Waals surface area contributed by atoms with E-state index < -0.39 is 6.17 Å². The van der Waals surface area contributed by atoms with Gasteiger partial charge in [0.15, 0.2) is 0 Å².